The van der Waals surface area contributed by atoms with Gasteiger partial charge in [0, 0.05) is 18.0 Å². The maximum atomic E-state index is 6.14. The highest BCUT2D eigenvalue weighted by atomic mass is 35.5. The van der Waals surface area contributed by atoms with Crippen LogP contribution < -0.4 is 5.32 Å². The number of rotatable bonds is 3. The smallest absolute Gasteiger partial charge is 0.0637 e. The third-order valence-electron chi connectivity index (χ3n) is 3.27. The van der Waals surface area contributed by atoms with E-state index in [-0.39, 0.29) is 0 Å². The van der Waals surface area contributed by atoms with E-state index in [1.165, 1.54) is 0 Å². The van der Waals surface area contributed by atoms with Gasteiger partial charge >= 0.3 is 0 Å². The van der Waals surface area contributed by atoms with Crippen LogP contribution in [-0.2, 0) is 6.54 Å². The maximum Gasteiger partial charge on any atom is 0.0637 e. The molecule has 0 spiro atoms. The molecule has 1 fully saturated rings. The molecule has 1 aliphatic rings. The number of nitrogens with one attached hydrogen (secondary N) is 1. The van der Waals surface area contributed by atoms with Crippen molar-refractivity contribution in [1.29, 1.82) is 0 Å². The van der Waals surface area contributed by atoms with Crippen LogP contribution in [0.15, 0.2) is 18.2 Å². The first-order valence-corrected chi connectivity index (χ1v) is 7.16. The summed E-state index contributed by atoms with van der Waals surface area (Å²) in [4.78, 5) is 0. The Balaban J connectivity index is 1.87. The Morgan fingerprint density at radius 2 is 1.82 bits per heavy atom. The van der Waals surface area contributed by atoms with Crippen LogP contribution in [0.25, 0.3) is 0 Å². The van der Waals surface area contributed by atoms with Gasteiger partial charge in [-0.3, -0.25) is 0 Å². The lowest BCUT2D eigenvalue weighted by Gasteiger charge is -2.26. The number of hydrogen-bond acceptors (Lipinski definition) is 1. The van der Waals surface area contributed by atoms with Gasteiger partial charge in [-0.05, 0) is 37.3 Å². The fourth-order valence-corrected chi connectivity index (χ4v) is 2.84. The molecule has 2 rings (SSSR count). The summed E-state index contributed by atoms with van der Waals surface area (Å²) in [5, 5.41) is 5.17. The van der Waals surface area contributed by atoms with Crippen LogP contribution in [0.1, 0.15) is 31.2 Å². The number of hydrogen-bond donors (Lipinski definition) is 1. The van der Waals surface area contributed by atoms with Crippen LogP contribution in [-0.4, -0.2) is 11.4 Å². The number of alkyl halides is 1. The average molecular weight is 293 g/mol. The predicted molar refractivity (Wildman–Crippen MR) is 75.2 cm³/mol. The van der Waals surface area contributed by atoms with Crippen molar-refractivity contribution in [3.05, 3.63) is 33.8 Å². The number of benzene rings is 1. The minimum Gasteiger partial charge on any atom is -0.310 e. The molecule has 0 atom stereocenters. The first kappa shape index (κ1) is 13.5. The highest BCUT2D eigenvalue weighted by molar-refractivity contribution is 6.42. The van der Waals surface area contributed by atoms with Crippen LogP contribution in [0, 0.1) is 0 Å². The monoisotopic (exact) mass is 291 g/mol. The summed E-state index contributed by atoms with van der Waals surface area (Å²) >= 11 is 18.2. The van der Waals surface area contributed by atoms with Crippen molar-refractivity contribution in [3.8, 4) is 0 Å². The molecule has 0 heterocycles. The Hall–Kier alpha value is 0.0500. The fraction of sp³-hybridized carbons (Fsp3) is 0.538. The van der Waals surface area contributed by atoms with Gasteiger partial charge in [0.25, 0.3) is 0 Å². The molecule has 0 radical (unpaired) electrons. The molecular weight excluding hydrogens is 277 g/mol. The van der Waals surface area contributed by atoms with E-state index in [0.717, 1.165) is 37.8 Å². The molecule has 0 bridgehead atoms. The lowest BCUT2D eigenvalue weighted by atomic mass is 9.95. The van der Waals surface area contributed by atoms with Crippen LogP contribution >= 0.6 is 34.8 Å². The molecule has 0 amide bonds. The molecule has 1 N–H and O–H groups in total. The largest absolute Gasteiger partial charge is 0.310 e. The molecule has 1 saturated carbocycles. The van der Waals surface area contributed by atoms with E-state index in [1.807, 2.05) is 18.2 Å². The topological polar surface area (TPSA) is 12.0 Å². The molecule has 0 unspecified atom stereocenters. The van der Waals surface area contributed by atoms with Crippen molar-refractivity contribution in [3.63, 3.8) is 0 Å². The van der Waals surface area contributed by atoms with Gasteiger partial charge in [0.05, 0.1) is 10.0 Å². The minimum atomic E-state index is 0.364. The summed E-state index contributed by atoms with van der Waals surface area (Å²) in [6.07, 6.45) is 4.49. The van der Waals surface area contributed by atoms with Gasteiger partial charge in [0.1, 0.15) is 0 Å². The van der Waals surface area contributed by atoms with Crippen molar-refractivity contribution in [2.24, 2.45) is 0 Å². The first-order chi connectivity index (χ1) is 8.16. The molecule has 0 aliphatic heterocycles. The quantitative estimate of drug-likeness (QED) is 0.801. The Morgan fingerprint density at radius 3 is 2.53 bits per heavy atom. The summed E-state index contributed by atoms with van der Waals surface area (Å²) in [5.41, 5.74) is 1.06. The molecule has 1 aliphatic carbocycles. The van der Waals surface area contributed by atoms with E-state index in [0.29, 0.717) is 21.5 Å². The van der Waals surface area contributed by atoms with E-state index in [4.69, 9.17) is 34.8 Å². The van der Waals surface area contributed by atoms with E-state index in [2.05, 4.69) is 5.32 Å². The fourth-order valence-electron chi connectivity index (χ4n) is 2.20. The van der Waals surface area contributed by atoms with Gasteiger partial charge in [-0.2, -0.15) is 0 Å². The molecule has 1 nitrogen and oxygen atoms in total. The van der Waals surface area contributed by atoms with Gasteiger partial charge in [0.15, 0.2) is 0 Å². The summed E-state index contributed by atoms with van der Waals surface area (Å²) in [5.74, 6) is 0. The Labute approximate surface area is 117 Å². The van der Waals surface area contributed by atoms with E-state index in [9.17, 15) is 0 Å². The lowest BCUT2D eigenvalue weighted by Crippen LogP contribution is -2.33. The minimum absolute atomic E-state index is 0.364. The zero-order valence-corrected chi connectivity index (χ0v) is 11.8. The van der Waals surface area contributed by atoms with Crippen LogP contribution in [0.4, 0.5) is 0 Å². The maximum absolute atomic E-state index is 6.14. The average Bonchev–Trinajstić information content (AvgIpc) is 2.33. The summed E-state index contributed by atoms with van der Waals surface area (Å²) in [6, 6.07) is 6.31. The Morgan fingerprint density at radius 1 is 1.12 bits per heavy atom. The molecule has 1 aromatic rings. The normalized spacial score (nSPS) is 24.9. The van der Waals surface area contributed by atoms with Crippen molar-refractivity contribution in [2.45, 2.75) is 43.6 Å². The van der Waals surface area contributed by atoms with Gasteiger partial charge in [0.2, 0.25) is 0 Å². The van der Waals surface area contributed by atoms with E-state index >= 15 is 0 Å². The second-order valence-electron chi connectivity index (χ2n) is 4.54. The zero-order chi connectivity index (χ0) is 12.3. The Bertz CT molecular complexity index is 373. The van der Waals surface area contributed by atoms with E-state index in [1.54, 1.807) is 0 Å². The van der Waals surface area contributed by atoms with Crippen molar-refractivity contribution < 1.29 is 0 Å². The second kappa shape index (κ2) is 6.29. The predicted octanol–water partition coefficient (Wildman–Crippen LogP) is 4.63. The molecule has 0 aromatic heterocycles. The summed E-state index contributed by atoms with van der Waals surface area (Å²) in [6.45, 7) is 0.775. The molecule has 4 heteroatoms. The van der Waals surface area contributed by atoms with Crippen molar-refractivity contribution in [1.82, 2.24) is 5.32 Å². The first-order valence-electron chi connectivity index (χ1n) is 5.97. The summed E-state index contributed by atoms with van der Waals surface area (Å²) < 4.78 is 0. The van der Waals surface area contributed by atoms with Crippen LogP contribution in [0.2, 0.25) is 10.0 Å². The summed E-state index contributed by atoms with van der Waals surface area (Å²) in [7, 11) is 0. The third kappa shape index (κ3) is 3.75. The standard InChI is InChI=1S/C13H16Cl3N/c14-10-4-6-11(7-5-10)17-8-9-2-1-3-12(15)13(9)16/h1-3,10-11,17H,4-8H2. The van der Waals surface area contributed by atoms with Gasteiger partial charge < -0.3 is 5.32 Å². The van der Waals surface area contributed by atoms with Gasteiger partial charge in [-0.25, -0.2) is 0 Å². The molecular formula is C13H16Cl3N. The molecule has 94 valence electrons. The van der Waals surface area contributed by atoms with Crippen LogP contribution in [0.3, 0.4) is 0 Å². The van der Waals surface area contributed by atoms with Crippen molar-refractivity contribution >= 4 is 34.8 Å². The molecule has 17 heavy (non-hydrogen) atoms. The highest BCUT2D eigenvalue weighted by Gasteiger charge is 2.19. The number of halogens is 3. The van der Waals surface area contributed by atoms with Gasteiger partial charge in [-0.15, -0.1) is 11.6 Å². The zero-order valence-electron chi connectivity index (χ0n) is 9.56. The van der Waals surface area contributed by atoms with E-state index < -0.39 is 0 Å². The second-order valence-corrected chi connectivity index (χ2v) is 5.95. The third-order valence-corrected chi connectivity index (χ3v) is 4.56. The molecule has 0 saturated heterocycles. The lowest BCUT2D eigenvalue weighted by molar-refractivity contribution is 0.376. The SMILES string of the molecule is Clc1cccc(CNC2CCC(Cl)CC2)c1Cl. The van der Waals surface area contributed by atoms with Crippen molar-refractivity contribution in [2.75, 3.05) is 0 Å². The highest BCUT2D eigenvalue weighted by Crippen LogP contribution is 2.27. The van der Waals surface area contributed by atoms with Crippen LogP contribution in [0.5, 0.6) is 0 Å². The van der Waals surface area contributed by atoms with Gasteiger partial charge in [-0.1, -0.05) is 35.3 Å². The molecule has 1 aromatic carbocycles. The Kier molecular flexibility index (Phi) is 4.98.